The van der Waals surface area contributed by atoms with E-state index in [4.69, 9.17) is 21.3 Å². The van der Waals surface area contributed by atoms with Crippen LogP contribution in [0.15, 0.2) is 24.3 Å². The number of alkyl halides is 1. The third-order valence-corrected chi connectivity index (χ3v) is 5.78. The molecule has 1 amide bonds. The topological polar surface area (TPSA) is 67.3 Å². The summed E-state index contributed by atoms with van der Waals surface area (Å²) < 4.78 is 9.79. The molecule has 1 aromatic carbocycles. The molecule has 6 nitrogen and oxygen atoms in total. The van der Waals surface area contributed by atoms with E-state index >= 15 is 0 Å². The molecule has 0 bridgehead atoms. The van der Waals surface area contributed by atoms with Gasteiger partial charge in [-0.15, -0.1) is 11.6 Å². The van der Waals surface area contributed by atoms with E-state index in [9.17, 15) is 4.79 Å². The van der Waals surface area contributed by atoms with Gasteiger partial charge in [0.1, 0.15) is 17.0 Å². The molecule has 27 heavy (non-hydrogen) atoms. The number of carbonyl (C=O) groups excluding carboxylic acids is 1. The number of nitrogens with zero attached hydrogens (tertiary/aromatic N) is 3. The summed E-state index contributed by atoms with van der Waals surface area (Å²) in [5.41, 5.74) is 1.14. The predicted octanol–water partition coefficient (Wildman–Crippen LogP) is 3.10. The summed E-state index contributed by atoms with van der Waals surface area (Å²) >= 11 is 7.24. The molecular weight excluding hydrogens is 384 g/mol. The van der Waals surface area contributed by atoms with Crippen molar-refractivity contribution in [2.75, 3.05) is 31.6 Å². The van der Waals surface area contributed by atoms with Crippen molar-refractivity contribution in [1.29, 1.82) is 0 Å². The highest BCUT2D eigenvalue weighted by Gasteiger charge is 2.22. The van der Waals surface area contributed by atoms with Crippen LogP contribution in [0.5, 0.6) is 5.75 Å². The minimum absolute atomic E-state index is 0.0922. The number of hydrogen-bond acceptors (Lipinski definition) is 6. The molecular formula is C19H25ClN4O2S. The lowest BCUT2D eigenvalue weighted by molar-refractivity contribution is -0.120. The summed E-state index contributed by atoms with van der Waals surface area (Å²) in [5.74, 6) is 2.09. The number of hydrogen-bond donors (Lipinski definition) is 1. The quantitative estimate of drug-likeness (QED) is 0.713. The maximum Gasteiger partial charge on any atom is 0.237 e. The van der Waals surface area contributed by atoms with Crippen LogP contribution in [-0.4, -0.2) is 47.4 Å². The maximum atomic E-state index is 11.6. The van der Waals surface area contributed by atoms with Gasteiger partial charge in [-0.05, 0) is 43.4 Å². The van der Waals surface area contributed by atoms with Crippen molar-refractivity contribution in [1.82, 2.24) is 14.7 Å². The molecule has 0 unspecified atom stereocenters. The van der Waals surface area contributed by atoms with Gasteiger partial charge in [0.2, 0.25) is 11.0 Å². The zero-order valence-electron chi connectivity index (χ0n) is 15.7. The molecule has 1 saturated heterocycles. The highest BCUT2D eigenvalue weighted by atomic mass is 35.5. The van der Waals surface area contributed by atoms with Crippen LogP contribution in [0.1, 0.15) is 31.2 Å². The number of rotatable bonds is 7. The van der Waals surface area contributed by atoms with Gasteiger partial charge in [-0.25, -0.2) is 4.98 Å². The Morgan fingerprint density at radius 3 is 2.93 bits per heavy atom. The van der Waals surface area contributed by atoms with Crippen LogP contribution in [0.2, 0.25) is 0 Å². The Hall–Kier alpha value is -1.86. The zero-order valence-corrected chi connectivity index (χ0v) is 17.2. The standard InChI is InChI=1S/C19H25ClN4O2S/c1-13(20)18(25)21-12-14-6-8-24(9-7-14)19-22-17(23-27-19)11-15-4-3-5-16(10-15)26-2/h3-5,10,13-14H,6-9,11-12H2,1-2H3,(H,21,25)/t13-/m0/s1. The number of anilines is 1. The van der Waals surface area contributed by atoms with Gasteiger partial charge in [-0.2, -0.15) is 4.37 Å². The van der Waals surface area contributed by atoms with Crippen molar-refractivity contribution in [3.05, 3.63) is 35.7 Å². The second-order valence-corrected chi connectivity index (χ2v) is 8.20. The molecule has 1 aliphatic heterocycles. The number of ether oxygens (including phenoxy) is 1. The molecule has 2 aromatic rings. The molecule has 1 atom stereocenters. The number of halogens is 1. The van der Waals surface area contributed by atoms with Crippen LogP contribution >= 0.6 is 23.1 Å². The average molecular weight is 409 g/mol. The number of nitrogens with one attached hydrogen (secondary N) is 1. The van der Waals surface area contributed by atoms with E-state index < -0.39 is 5.38 Å². The monoisotopic (exact) mass is 408 g/mol. The highest BCUT2D eigenvalue weighted by Crippen LogP contribution is 2.25. The van der Waals surface area contributed by atoms with E-state index in [0.717, 1.165) is 48.2 Å². The fraction of sp³-hybridized carbons (Fsp3) is 0.526. The first-order chi connectivity index (χ1) is 13.0. The van der Waals surface area contributed by atoms with Gasteiger partial charge in [0.25, 0.3) is 0 Å². The van der Waals surface area contributed by atoms with Crippen LogP contribution in [0.25, 0.3) is 0 Å². The lowest BCUT2D eigenvalue weighted by Gasteiger charge is -2.31. The van der Waals surface area contributed by atoms with Crippen LogP contribution in [0.3, 0.4) is 0 Å². The lowest BCUT2D eigenvalue weighted by atomic mass is 9.97. The molecule has 1 aliphatic rings. The van der Waals surface area contributed by atoms with E-state index in [2.05, 4.69) is 20.7 Å². The Labute approximate surface area is 169 Å². The first-order valence-corrected chi connectivity index (χ1v) is 10.4. The Bertz CT molecular complexity index is 760. The molecule has 2 heterocycles. The molecule has 3 rings (SSSR count). The minimum atomic E-state index is -0.477. The summed E-state index contributed by atoms with van der Waals surface area (Å²) in [6, 6.07) is 7.99. The number of benzene rings is 1. The van der Waals surface area contributed by atoms with Crippen LogP contribution in [-0.2, 0) is 11.2 Å². The molecule has 0 saturated carbocycles. The van der Waals surface area contributed by atoms with Gasteiger partial charge < -0.3 is 15.0 Å². The summed E-state index contributed by atoms with van der Waals surface area (Å²) in [6.07, 6.45) is 2.76. The van der Waals surface area contributed by atoms with Crippen molar-refractivity contribution < 1.29 is 9.53 Å². The SMILES string of the molecule is COc1cccc(Cc2nsc(N3CCC(CNC(=O)[C@H](C)Cl)CC3)n2)c1. The Balaban J connectivity index is 1.50. The molecule has 1 N–H and O–H groups in total. The predicted molar refractivity (Wildman–Crippen MR) is 109 cm³/mol. The smallest absolute Gasteiger partial charge is 0.237 e. The second kappa shape index (κ2) is 9.37. The van der Waals surface area contributed by atoms with Crippen molar-refractivity contribution in [3.63, 3.8) is 0 Å². The van der Waals surface area contributed by atoms with E-state index in [0.29, 0.717) is 18.9 Å². The van der Waals surface area contributed by atoms with Crippen molar-refractivity contribution in [2.24, 2.45) is 5.92 Å². The minimum Gasteiger partial charge on any atom is -0.497 e. The molecule has 146 valence electrons. The largest absolute Gasteiger partial charge is 0.497 e. The fourth-order valence-corrected chi connectivity index (χ4v) is 3.94. The second-order valence-electron chi connectivity index (χ2n) is 6.81. The van der Waals surface area contributed by atoms with Crippen molar-refractivity contribution in [2.45, 2.75) is 31.6 Å². The number of methoxy groups -OCH3 is 1. The molecule has 1 aromatic heterocycles. The van der Waals surface area contributed by atoms with Crippen molar-refractivity contribution in [3.8, 4) is 5.75 Å². The van der Waals surface area contributed by atoms with E-state index in [1.165, 1.54) is 11.5 Å². The van der Waals surface area contributed by atoms with Gasteiger partial charge >= 0.3 is 0 Å². The molecule has 0 spiro atoms. The third kappa shape index (κ3) is 5.56. The van der Waals surface area contributed by atoms with Gasteiger partial charge in [0.05, 0.1) is 7.11 Å². The van der Waals surface area contributed by atoms with Gasteiger partial charge in [-0.3, -0.25) is 4.79 Å². The highest BCUT2D eigenvalue weighted by molar-refractivity contribution is 7.09. The van der Waals surface area contributed by atoms with E-state index in [1.54, 1.807) is 14.0 Å². The Kier molecular flexibility index (Phi) is 6.90. The van der Waals surface area contributed by atoms with Crippen LogP contribution in [0, 0.1) is 5.92 Å². The van der Waals surface area contributed by atoms with Gasteiger partial charge in [0.15, 0.2) is 0 Å². The summed E-state index contributed by atoms with van der Waals surface area (Å²) in [7, 11) is 1.67. The summed E-state index contributed by atoms with van der Waals surface area (Å²) in [6.45, 7) is 4.26. The van der Waals surface area contributed by atoms with Gasteiger partial charge in [-0.1, -0.05) is 12.1 Å². The first kappa shape index (κ1) is 19.9. The Morgan fingerprint density at radius 2 is 2.22 bits per heavy atom. The zero-order chi connectivity index (χ0) is 19.2. The lowest BCUT2D eigenvalue weighted by Crippen LogP contribution is -2.40. The summed E-state index contributed by atoms with van der Waals surface area (Å²) in [4.78, 5) is 18.6. The third-order valence-electron chi connectivity index (χ3n) is 4.77. The molecule has 0 aliphatic carbocycles. The molecule has 0 radical (unpaired) electrons. The van der Waals surface area contributed by atoms with E-state index in [-0.39, 0.29) is 5.91 Å². The normalized spacial score (nSPS) is 16.2. The molecule has 8 heteroatoms. The maximum absolute atomic E-state index is 11.6. The average Bonchev–Trinajstić information content (AvgIpc) is 3.15. The number of aromatic nitrogens is 2. The van der Waals surface area contributed by atoms with Gasteiger partial charge in [0, 0.05) is 37.6 Å². The van der Waals surface area contributed by atoms with Crippen molar-refractivity contribution >= 4 is 34.2 Å². The number of piperidine rings is 1. The summed E-state index contributed by atoms with van der Waals surface area (Å²) in [5, 5.41) is 3.42. The number of carbonyl (C=O) groups is 1. The Morgan fingerprint density at radius 1 is 1.44 bits per heavy atom. The number of amides is 1. The van der Waals surface area contributed by atoms with Crippen LogP contribution < -0.4 is 15.0 Å². The van der Waals surface area contributed by atoms with E-state index in [1.807, 2.05) is 18.2 Å². The van der Waals surface area contributed by atoms with Crippen LogP contribution in [0.4, 0.5) is 5.13 Å². The molecule has 1 fully saturated rings. The fourth-order valence-electron chi connectivity index (χ4n) is 3.12. The first-order valence-electron chi connectivity index (χ1n) is 9.17.